The van der Waals surface area contributed by atoms with Gasteiger partial charge in [-0.15, -0.1) is 0 Å². The van der Waals surface area contributed by atoms with E-state index in [2.05, 4.69) is 20.8 Å². The summed E-state index contributed by atoms with van der Waals surface area (Å²) < 4.78 is 0. The fourth-order valence-electron chi connectivity index (χ4n) is 2.66. The number of nitrogens with zero attached hydrogens (tertiary/aromatic N) is 2. The molecule has 0 radical (unpaired) electrons. The molecular weight excluding hydrogens is 276 g/mol. The van der Waals surface area contributed by atoms with Crippen LogP contribution in [-0.2, 0) is 9.59 Å². The highest BCUT2D eigenvalue weighted by molar-refractivity contribution is 8.14. The number of rotatable bonds is 2. The van der Waals surface area contributed by atoms with E-state index in [0.717, 1.165) is 11.8 Å². The van der Waals surface area contributed by atoms with Crippen LogP contribution in [0, 0.1) is 5.41 Å². The van der Waals surface area contributed by atoms with Gasteiger partial charge in [-0.2, -0.15) is 0 Å². The number of amides is 3. The van der Waals surface area contributed by atoms with Gasteiger partial charge in [-0.3, -0.25) is 19.3 Å². The predicted octanol–water partition coefficient (Wildman–Crippen LogP) is 2.11. The second-order valence-corrected chi connectivity index (χ2v) is 7.59. The molecule has 0 saturated carbocycles. The van der Waals surface area contributed by atoms with Crippen molar-refractivity contribution in [1.82, 2.24) is 9.80 Å². The van der Waals surface area contributed by atoms with Crippen molar-refractivity contribution >= 4 is 28.8 Å². The largest absolute Gasteiger partial charge is 0.343 e. The van der Waals surface area contributed by atoms with E-state index in [9.17, 15) is 14.4 Å². The number of hydrogen-bond acceptors (Lipinski definition) is 4. The maximum atomic E-state index is 12.1. The third kappa shape index (κ3) is 3.53. The average Bonchev–Trinajstić information content (AvgIpc) is 2.67. The number of hydrogen-bond donors (Lipinski definition) is 0. The van der Waals surface area contributed by atoms with Crippen LogP contribution < -0.4 is 0 Å². The first-order chi connectivity index (χ1) is 9.28. The summed E-state index contributed by atoms with van der Waals surface area (Å²) in [6.07, 6.45) is 1.94. The van der Waals surface area contributed by atoms with Crippen molar-refractivity contribution in [3.8, 4) is 0 Å². The number of piperidine rings is 1. The molecule has 0 N–H and O–H groups in total. The average molecular weight is 298 g/mol. The fourth-order valence-corrected chi connectivity index (χ4v) is 3.43. The van der Waals surface area contributed by atoms with E-state index in [-0.39, 0.29) is 34.3 Å². The molecule has 0 aliphatic carbocycles. The third-order valence-electron chi connectivity index (χ3n) is 3.65. The van der Waals surface area contributed by atoms with Crippen molar-refractivity contribution in [2.45, 2.75) is 46.1 Å². The summed E-state index contributed by atoms with van der Waals surface area (Å²) in [5, 5.41) is -0.130. The number of carbonyl (C=O) groups is 3. The Morgan fingerprint density at radius 2 is 1.85 bits per heavy atom. The Bertz CT molecular complexity index is 407. The zero-order chi connectivity index (χ0) is 14.9. The Labute approximate surface area is 124 Å². The topological polar surface area (TPSA) is 57.7 Å². The predicted molar refractivity (Wildman–Crippen MR) is 78.4 cm³/mol. The smallest absolute Gasteiger partial charge is 0.289 e. The highest BCUT2D eigenvalue weighted by atomic mass is 32.2. The maximum Gasteiger partial charge on any atom is 0.289 e. The molecule has 112 valence electrons. The van der Waals surface area contributed by atoms with Gasteiger partial charge in [0.05, 0.1) is 5.75 Å². The second-order valence-electron chi connectivity index (χ2n) is 6.67. The van der Waals surface area contributed by atoms with Crippen molar-refractivity contribution in [2.75, 3.05) is 18.8 Å². The van der Waals surface area contributed by atoms with Crippen LogP contribution in [0.3, 0.4) is 0 Å². The Morgan fingerprint density at radius 3 is 2.30 bits per heavy atom. The summed E-state index contributed by atoms with van der Waals surface area (Å²) in [6.45, 7) is 7.44. The van der Waals surface area contributed by atoms with E-state index < -0.39 is 0 Å². The van der Waals surface area contributed by atoms with E-state index in [0.29, 0.717) is 32.4 Å². The highest BCUT2D eigenvalue weighted by Gasteiger charge is 2.38. The number of likely N-dealkylation sites (tertiary alicyclic amines) is 1. The molecule has 0 aromatic carbocycles. The molecule has 0 aromatic rings. The Hall–Kier alpha value is -1.04. The molecule has 2 aliphatic heterocycles. The van der Waals surface area contributed by atoms with Crippen LogP contribution in [0.1, 0.15) is 40.0 Å². The summed E-state index contributed by atoms with van der Waals surface area (Å²) in [5.41, 5.74) is -0.00848. The number of carbonyl (C=O) groups excluding carboxylic acids is 3. The van der Waals surface area contributed by atoms with Crippen molar-refractivity contribution < 1.29 is 14.4 Å². The summed E-state index contributed by atoms with van der Waals surface area (Å²) in [7, 11) is 0. The molecular formula is C14H22N2O3S. The van der Waals surface area contributed by atoms with E-state index in [4.69, 9.17) is 0 Å². The van der Waals surface area contributed by atoms with Gasteiger partial charge in [-0.05, 0) is 18.3 Å². The molecule has 5 nitrogen and oxygen atoms in total. The van der Waals surface area contributed by atoms with Gasteiger partial charge in [0.2, 0.25) is 11.8 Å². The maximum absolute atomic E-state index is 12.1. The number of thioether (sulfide) groups is 1. The minimum Gasteiger partial charge on any atom is -0.343 e. The van der Waals surface area contributed by atoms with Crippen LogP contribution in [0.25, 0.3) is 0 Å². The molecule has 0 spiro atoms. The van der Waals surface area contributed by atoms with Gasteiger partial charge in [0.1, 0.15) is 0 Å². The van der Waals surface area contributed by atoms with Gasteiger partial charge in [-0.25, -0.2) is 0 Å². The third-order valence-corrected chi connectivity index (χ3v) is 4.48. The lowest BCUT2D eigenvalue weighted by molar-refractivity contribution is -0.135. The van der Waals surface area contributed by atoms with Gasteiger partial charge in [0.25, 0.3) is 5.24 Å². The van der Waals surface area contributed by atoms with Gasteiger partial charge in [-0.1, -0.05) is 32.5 Å². The van der Waals surface area contributed by atoms with Gasteiger partial charge >= 0.3 is 0 Å². The first-order valence-electron chi connectivity index (χ1n) is 7.04. The van der Waals surface area contributed by atoms with Crippen LogP contribution in [0.4, 0.5) is 4.79 Å². The summed E-state index contributed by atoms with van der Waals surface area (Å²) in [4.78, 5) is 38.8. The van der Waals surface area contributed by atoms with Crippen molar-refractivity contribution in [3.05, 3.63) is 0 Å². The molecule has 20 heavy (non-hydrogen) atoms. The molecule has 2 heterocycles. The summed E-state index contributed by atoms with van der Waals surface area (Å²) in [6, 6.07) is -0.0244. The van der Waals surface area contributed by atoms with Crippen LogP contribution in [0.15, 0.2) is 0 Å². The van der Waals surface area contributed by atoms with E-state index >= 15 is 0 Å². The van der Waals surface area contributed by atoms with Gasteiger partial charge < -0.3 is 4.90 Å². The molecule has 0 atom stereocenters. The van der Waals surface area contributed by atoms with Gasteiger partial charge in [0.15, 0.2) is 0 Å². The molecule has 2 rings (SSSR count). The van der Waals surface area contributed by atoms with Crippen molar-refractivity contribution in [3.63, 3.8) is 0 Å². The molecule has 6 heteroatoms. The van der Waals surface area contributed by atoms with Crippen LogP contribution in [0.5, 0.6) is 0 Å². The van der Waals surface area contributed by atoms with E-state index in [1.807, 2.05) is 4.90 Å². The standard InChI is InChI=1S/C14H22N2O3S/c1-14(2,3)8-11(17)15-6-4-10(5-7-15)16-12(18)9-20-13(16)19/h10H,4-9H2,1-3H3. The molecule has 0 bridgehead atoms. The minimum absolute atomic E-state index is 0.00848. The summed E-state index contributed by atoms with van der Waals surface area (Å²) >= 11 is 1.08. The fraction of sp³-hybridized carbons (Fsp3) is 0.786. The zero-order valence-electron chi connectivity index (χ0n) is 12.3. The molecule has 0 unspecified atom stereocenters. The first kappa shape index (κ1) is 15.4. The molecule has 2 fully saturated rings. The lowest BCUT2D eigenvalue weighted by atomic mass is 9.91. The van der Waals surface area contributed by atoms with Crippen LogP contribution in [-0.4, -0.2) is 51.7 Å². The molecule has 3 amide bonds. The van der Waals surface area contributed by atoms with Crippen LogP contribution in [0.2, 0.25) is 0 Å². The Balaban J connectivity index is 1.88. The normalized spacial score (nSPS) is 21.8. The highest BCUT2D eigenvalue weighted by Crippen LogP contribution is 2.27. The molecule has 2 aliphatic rings. The number of imide groups is 1. The van der Waals surface area contributed by atoms with Crippen LogP contribution >= 0.6 is 11.8 Å². The van der Waals surface area contributed by atoms with Crippen molar-refractivity contribution in [2.24, 2.45) is 5.41 Å². The second kappa shape index (κ2) is 5.76. The monoisotopic (exact) mass is 298 g/mol. The zero-order valence-corrected chi connectivity index (χ0v) is 13.2. The Morgan fingerprint density at radius 1 is 1.25 bits per heavy atom. The Kier molecular flexibility index (Phi) is 4.42. The van der Waals surface area contributed by atoms with E-state index in [1.54, 1.807) is 0 Å². The lowest BCUT2D eigenvalue weighted by Crippen LogP contribution is -2.48. The van der Waals surface area contributed by atoms with Gasteiger partial charge in [0, 0.05) is 25.6 Å². The van der Waals surface area contributed by atoms with E-state index in [1.165, 1.54) is 4.90 Å². The molecule has 2 saturated heterocycles. The summed E-state index contributed by atoms with van der Waals surface area (Å²) in [5.74, 6) is 0.353. The first-order valence-corrected chi connectivity index (χ1v) is 8.03. The quantitative estimate of drug-likeness (QED) is 0.783. The minimum atomic E-state index is -0.130. The SMILES string of the molecule is CC(C)(C)CC(=O)N1CCC(N2C(=O)CSC2=O)CC1. The lowest BCUT2D eigenvalue weighted by Gasteiger charge is -2.36. The van der Waals surface area contributed by atoms with Crippen molar-refractivity contribution in [1.29, 1.82) is 0 Å². The molecule has 0 aromatic heterocycles.